The molecule has 2 amide bonds. The molecule has 1 N–H and O–H groups in total. The fourth-order valence-corrected chi connectivity index (χ4v) is 3.85. The van der Waals surface area contributed by atoms with Crippen LogP contribution in [0.2, 0.25) is 0 Å². The number of nitrogens with zero attached hydrogens (tertiary/aromatic N) is 2. The van der Waals surface area contributed by atoms with Gasteiger partial charge in [0.25, 0.3) is 0 Å². The zero-order chi connectivity index (χ0) is 13.9. The summed E-state index contributed by atoms with van der Waals surface area (Å²) < 4.78 is 0. The molecule has 0 bridgehead atoms. The van der Waals surface area contributed by atoms with Crippen molar-refractivity contribution >= 4 is 11.8 Å². The zero-order valence-electron chi connectivity index (χ0n) is 12.1. The number of nitrogens with one attached hydrogen (secondary N) is 1. The molecule has 1 aliphatic carbocycles. The lowest BCUT2D eigenvalue weighted by Gasteiger charge is -2.41. The normalized spacial score (nSPS) is 29.0. The van der Waals surface area contributed by atoms with Crippen LogP contribution in [0.1, 0.15) is 38.5 Å². The number of piperidine rings is 1. The molecule has 20 heavy (non-hydrogen) atoms. The van der Waals surface area contributed by atoms with Crippen LogP contribution in [-0.4, -0.2) is 60.4 Å². The van der Waals surface area contributed by atoms with Crippen molar-refractivity contribution in [3.05, 3.63) is 0 Å². The van der Waals surface area contributed by atoms with E-state index in [2.05, 4.69) is 5.32 Å². The van der Waals surface area contributed by atoms with Crippen molar-refractivity contribution in [2.75, 3.05) is 32.7 Å². The Balaban J connectivity index is 1.60. The first kappa shape index (κ1) is 13.9. The lowest BCUT2D eigenvalue weighted by atomic mass is 10.00. The van der Waals surface area contributed by atoms with E-state index in [-0.39, 0.29) is 17.9 Å². The first-order valence-corrected chi connectivity index (χ1v) is 8.04. The van der Waals surface area contributed by atoms with E-state index in [9.17, 15) is 9.59 Å². The number of piperazine rings is 1. The van der Waals surface area contributed by atoms with Crippen LogP contribution in [-0.2, 0) is 9.59 Å². The van der Waals surface area contributed by atoms with Gasteiger partial charge in [-0.3, -0.25) is 9.59 Å². The van der Waals surface area contributed by atoms with Crippen LogP contribution in [0.15, 0.2) is 0 Å². The molecule has 5 nitrogen and oxygen atoms in total. The minimum atomic E-state index is 0.191. The van der Waals surface area contributed by atoms with Crippen molar-refractivity contribution in [2.45, 2.75) is 44.6 Å². The summed E-state index contributed by atoms with van der Waals surface area (Å²) in [6, 6.07) is 0.240. The van der Waals surface area contributed by atoms with Gasteiger partial charge < -0.3 is 15.1 Å². The van der Waals surface area contributed by atoms with Gasteiger partial charge in [0.15, 0.2) is 0 Å². The Kier molecular flexibility index (Phi) is 4.24. The highest BCUT2D eigenvalue weighted by atomic mass is 16.2. The summed E-state index contributed by atoms with van der Waals surface area (Å²) in [7, 11) is 0. The summed E-state index contributed by atoms with van der Waals surface area (Å²) in [5.41, 5.74) is 0. The molecule has 0 spiro atoms. The largest absolute Gasteiger partial charge is 0.340 e. The van der Waals surface area contributed by atoms with E-state index >= 15 is 0 Å². The maximum absolute atomic E-state index is 12.5. The third kappa shape index (κ3) is 2.82. The van der Waals surface area contributed by atoms with E-state index in [1.54, 1.807) is 0 Å². The predicted octanol–water partition coefficient (Wildman–Crippen LogP) is 0.599. The molecule has 0 aromatic carbocycles. The minimum absolute atomic E-state index is 0.191. The summed E-state index contributed by atoms with van der Waals surface area (Å²) in [5.74, 6) is 0.790. The third-order valence-corrected chi connectivity index (χ3v) is 4.98. The molecule has 2 aliphatic heterocycles. The predicted molar refractivity (Wildman–Crippen MR) is 76.1 cm³/mol. The standard InChI is InChI=1S/C15H25N3O2/c19-14-10-16-7-9-18(14)13-6-3-8-17(11-13)15(20)12-4-1-2-5-12/h12-13,16H,1-11H2. The van der Waals surface area contributed by atoms with Gasteiger partial charge in [-0.05, 0) is 25.7 Å². The molecule has 5 heteroatoms. The van der Waals surface area contributed by atoms with Gasteiger partial charge in [0.2, 0.25) is 11.8 Å². The maximum atomic E-state index is 12.5. The van der Waals surface area contributed by atoms with Gasteiger partial charge in [0, 0.05) is 38.1 Å². The quantitative estimate of drug-likeness (QED) is 0.805. The van der Waals surface area contributed by atoms with Gasteiger partial charge in [-0.2, -0.15) is 0 Å². The number of likely N-dealkylation sites (tertiary alicyclic amines) is 1. The summed E-state index contributed by atoms with van der Waals surface area (Å²) in [4.78, 5) is 28.5. The Bertz CT molecular complexity index is 379. The van der Waals surface area contributed by atoms with Crippen molar-refractivity contribution in [1.82, 2.24) is 15.1 Å². The summed E-state index contributed by atoms with van der Waals surface area (Å²) in [6.45, 7) is 3.74. The molecule has 0 aromatic rings. The Morgan fingerprint density at radius 1 is 1.10 bits per heavy atom. The van der Waals surface area contributed by atoms with Crippen LogP contribution >= 0.6 is 0 Å². The zero-order valence-corrected chi connectivity index (χ0v) is 12.1. The molecule has 0 aromatic heterocycles. The van der Waals surface area contributed by atoms with E-state index < -0.39 is 0 Å². The second kappa shape index (κ2) is 6.12. The monoisotopic (exact) mass is 279 g/mol. The number of rotatable bonds is 2. The fourth-order valence-electron chi connectivity index (χ4n) is 3.85. The highest BCUT2D eigenvalue weighted by molar-refractivity contribution is 5.80. The van der Waals surface area contributed by atoms with Crippen LogP contribution in [0.5, 0.6) is 0 Å². The molecule has 1 atom stereocenters. The van der Waals surface area contributed by atoms with Gasteiger partial charge in [0.1, 0.15) is 0 Å². The maximum Gasteiger partial charge on any atom is 0.236 e. The molecular formula is C15H25N3O2. The smallest absolute Gasteiger partial charge is 0.236 e. The molecule has 112 valence electrons. The Morgan fingerprint density at radius 3 is 2.65 bits per heavy atom. The molecule has 3 rings (SSSR count). The summed E-state index contributed by atoms with van der Waals surface area (Å²) >= 11 is 0. The van der Waals surface area contributed by atoms with Crippen LogP contribution in [0, 0.1) is 5.92 Å². The highest BCUT2D eigenvalue weighted by Crippen LogP contribution is 2.28. The highest BCUT2D eigenvalue weighted by Gasteiger charge is 2.34. The lowest BCUT2D eigenvalue weighted by Crippen LogP contribution is -2.58. The van der Waals surface area contributed by atoms with Gasteiger partial charge in [-0.1, -0.05) is 12.8 Å². The Hall–Kier alpha value is -1.10. The third-order valence-electron chi connectivity index (χ3n) is 4.98. The number of carbonyl (C=O) groups is 2. The van der Waals surface area contributed by atoms with Crippen molar-refractivity contribution in [3.63, 3.8) is 0 Å². The van der Waals surface area contributed by atoms with E-state index in [0.29, 0.717) is 12.5 Å². The summed E-state index contributed by atoms with van der Waals surface area (Å²) in [5, 5.41) is 3.11. The SMILES string of the molecule is O=C(C1CCCC1)N1CCCC(N2CCNCC2=O)C1. The van der Waals surface area contributed by atoms with Crippen LogP contribution in [0.3, 0.4) is 0 Å². The first-order valence-electron chi connectivity index (χ1n) is 8.04. The molecule has 2 heterocycles. The Morgan fingerprint density at radius 2 is 1.90 bits per heavy atom. The van der Waals surface area contributed by atoms with E-state index in [4.69, 9.17) is 0 Å². The topological polar surface area (TPSA) is 52.7 Å². The van der Waals surface area contributed by atoms with Crippen LogP contribution in [0.25, 0.3) is 0 Å². The van der Waals surface area contributed by atoms with Crippen molar-refractivity contribution in [1.29, 1.82) is 0 Å². The average molecular weight is 279 g/mol. The summed E-state index contributed by atoms with van der Waals surface area (Å²) in [6.07, 6.45) is 6.59. The van der Waals surface area contributed by atoms with Gasteiger partial charge in [-0.25, -0.2) is 0 Å². The van der Waals surface area contributed by atoms with Crippen molar-refractivity contribution in [3.8, 4) is 0 Å². The second-order valence-corrected chi connectivity index (χ2v) is 6.33. The molecule has 3 aliphatic rings. The molecule has 1 unspecified atom stereocenters. The Labute approximate surface area is 120 Å². The van der Waals surface area contributed by atoms with Crippen molar-refractivity contribution < 1.29 is 9.59 Å². The number of carbonyl (C=O) groups excluding carboxylic acids is 2. The van der Waals surface area contributed by atoms with Gasteiger partial charge >= 0.3 is 0 Å². The number of amides is 2. The molecular weight excluding hydrogens is 254 g/mol. The van der Waals surface area contributed by atoms with Gasteiger partial charge in [-0.15, -0.1) is 0 Å². The molecule has 1 saturated carbocycles. The number of hydrogen-bond acceptors (Lipinski definition) is 3. The van der Waals surface area contributed by atoms with E-state index in [0.717, 1.165) is 51.9 Å². The molecule has 0 radical (unpaired) electrons. The first-order chi connectivity index (χ1) is 9.75. The number of hydrogen-bond donors (Lipinski definition) is 1. The second-order valence-electron chi connectivity index (χ2n) is 6.33. The van der Waals surface area contributed by atoms with Crippen LogP contribution < -0.4 is 5.32 Å². The molecule has 3 fully saturated rings. The molecule has 2 saturated heterocycles. The average Bonchev–Trinajstić information content (AvgIpc) is 3.01. The van der Waals surface area contributed by atoms with E-state index in [1.165, 1.54) is 12.8 Å². The lowest BCUT2D eigenvalue weighted by molar-refractivity contribution is -0.142. The van der Waals surface area contributed by atoms with Gasteiger partial charge in [0.05, 0.1) is 6.54 Å². The minimum Gasteiger partial charge on any atom is -0.340 e. The van der Waals surface area contributed by atoms with E-state index in [1.807, 2.05) is 9.80 Å². The fraction of sp³-hybridized carbons (Fsp3) is 0.867. The van der Waals surface area contributed by atoms with Crippen molar-refractivity contribution in [2.24, 2.45) is 5.92 Å². The van der Waals surface area contributed by atoms with Crippen LogP contribution in [0.4, 0.5) is 0 Å².